The molecule has 1 aromatic heterocycles. The summed E-state index contributed by atoms with van der Waals surface area (Å²) in [6.07, 6.45) is 2.04. The number of rotatable bonds is 6. The fraction of sp³-hybridized carbons (Fsp3) is 0.643. The third kappa shape index (κ3) is 4.18. The summed E-state index contributed by atoms with van der Waals surface area (Å²) in [4.78, 5) is 4.40. The molecule has 18 heavy (non-hydrogen) atoms. The highest BCUT2D eigenvalue weighted by Crippen LogP contribution is 2.25. The first kappa shape index (κ1) is 15.3. The van der Waals surface area contributed by atoms with Crippen molar-refractivity contribution in [3.8, 4) is 5.75 Å². The molecular weight excluding hydrogens is 246 g/mol. The summed E-state index contributed by atoms with van der Waals surface area (Å²) >= 11 is 1.77. The number of aliphatic hydroxyl groups excluding tert-OH is 1. The van der Waals surface area contributed by atoms with Gasteiger partial charge >= 0.3 is 0 Å². The fourth-order valence-electron chi connectivity index (χ4n) is 1.86. The van der Waals surface area contributed by atoms with Crippen LogP contribution in [0.1, 0.15) is 30.7 Å². The predicted molar refractivity (Wildman–Crippen MR) is 77.6 cm³/mol. The monoisotopic (exact) mass is 269 g/mol. The molecule has 1 atom stereocenters. The lowest BCUT2D eigenvalue weighted by molar-refractivity contribution is 0.198. The van der Waals surface area contributed by atoms with Crippen LogP contribution in [0.4, 0.5) is 0 Å². The van der Waals surface area contributed by atoms with E-state index in [4.69, 9.17) is 4.74 Å². The maximum absolute atomic E-state index is 10.0. The van der Waals surface area contributed by atoms with E-state index in [1.54, 1.807) is 18.9 Å². The summed E-state index contributed by atoms with van der Waals surface area (Å²) in [5.41, 5.74) is 2.99. The Morgan fingerprint density at radius 2 is 2.06 bits per heavy atom. The Balaban J connectivity index is 2.73. The van der Waals surface area contributed by atoms with Crippen molar-refractivity contribution in [2.24, 2.45) is 0 Å². The molecule has 4 heteroatoms. The minimum absolute atomic E-state index is 0.351. The summed E-state index contributed by atoms with van der Waals surface area (Å²) in [7, 11) is 1.67. The van der Waals surface area contributed by atoms with Gasteiger partial charge in [-0.25, -0.2) is 0 Å². The van der Waals surface area contributed by atoms with Gasteiger partial charge in [0.1, 0.15) is 5.75 Å². The number of aryl methyl sites for hydroxylation is 1. The van der Waals surface area contributed by atoms with Crippen molar-refractivity contribution >= 4 is 11.8 Å². The smallest absolute Gasteiger partial charge is 0.128 e. The van der Waals surface area contributed by atoms with Crippen LogP contribution in [0.3, 0.4) is 0 Å². The summed E-state index contributed by atoms with van der Waals surface area (Å²) in [6.45, 7) is 8.25. The third-order valence-corrected chi connectivity index (χ3v) is 4.04. The lowest BCUT2D eigenvalue weighted by Crippen LogP contribution is -2.17. The number of nitrogens with zero attached hydrogens (tertiary/aromatic N) is 1. The average molecular weight is 269 g/mol. The normalized spacial score (nSPS) is 12.8. The first-order valence-corrected chi connectivity index (χ1v) is 7.29. The van der Waals surface area contributed by atoms with Crippen molar-refractivity contribution in [3.63, 3.8) is 0 Å². The van der Waals surface area contributed by atoms with Gasteiger partial charge in [-0.1, -0.05) is 13.8 Å². The van der Waals surface area contributed by atoms with E-state index in [-0.39, 0.29) is 6.10 Å². The molecule has 0 aliphatic carbocycles. The Kier molecular flexibility index (Phi) is 5.96. The van der Waals surface area contributed by atoms with Gasteiger partial charge in [0.15, 0.2) is 0 Å². The van der Waals surface area contributed by atoms with E-state index in [9.17, 15) is 5.11 Å². The molecule has 1 N–H and O–H groups in total. The van der Waals surface area contributed by atoms with Crippen LogP contribution in [0.25, 0.3) is 0 Å². The molecular formula is C14H23NO2S. The van der Waals surface area contributed by atoms with Gasteiger partial charge in [0.2, 0.25) is 0 Å². The number of ether oxygens (including phenoxy) is 1. The number of hydrogen-bond donors (Lipinski definition) is 1. The minimum atomic E-state index is -0.351. The van der Waals surface area contributed by atoms with E-state index in [1.807, 2.05) is 20.0 Å². The Bertz CT molecular complexity index is 394. The quantitative estimate of drug-likeness (QED) is 0.862. The van der Waals surface area contributed by atoms with Gasteiger partial charge in [0.05, 0.1) is 13.2 Å². The van der Waals surface area contributed by atoms with Crippen molar-refractivity contribution in [3.05, 3.63) is 23.0 Å². The lowest BCUT2D eigenvalue weighted by Gasteiger charge is -2.15. The second-order valence-electron chi connectivity index (χ2n) is 4.79. The van der Waals surface area contributed by atoms with E-state index in [0.29, 0.717) is 11.7 Å². The first-order valence-electron chi connectivity index (χ1n) is 6.24. The largest absolute Gasteiger partial charge is 0.496 e. The summed E-state index contributed by atoms with van der Waals surface area (Å²) in [6, 6.07) is 0. The number of methoxy groups -OCH3 is 1. The standard InChI is InChI=1S/C14H23NO2S/c1-9(2)18-8-12(16)6-13-11(4)14(17-5)10(3)7-15-13/h7,9,12,16H,6,8H2,1-5H3. The average Bonchev–Trinajstić information content (AvgIpc) is 2.31. The molecule has 0 spiro atoms. The summed E-state index contributed by atoms with van der Waals surface area (Å²) < 4.78 is 5.37. The molecule has 0 bridgehead atoms. The van der Waals surface area contributed by atoms with Crippen LogP contribution in [0.5, 0.6) is 5.75 Å². The van der Waals surface area contributed by atoms with Gasteiger partial charge in [-0.2, -0.15) is 11.8 Å². The number of pyridine rings is 1. The SMILES string of the molecule is COc1c(C)cnc(CC(O)CSC(C)C)c1C. The molecule has 1 aromatic rings. The molecule has 1 heterocycles. The second kappa shape index (κ2) is 7.00. The maximum Gasteiger partial charge on any atom is 0.128 e. The van der Waals surface area contributed by atoms with Crippen molar-refractivity contribution in [1.29, 1.82) is 0 Å². The van der Waals surface area contributed by atoms with Crippen LogP contribution in [0.2, 0.25) is 0 Å². The Hall–Kier alpha value is -0.740. The molecule has 0 aliphatic heterocycles. The number of thioether (sulfide) groups is 1. The zero-order valence-corrected chi connectivity index (χ0v) is 12.7. The molecule has 1 rings (SSSR count). The van der Waals surface area contributed by atoms with Gasteiger partial charge in [0, 0.05) is 35.2 Å². The number of hydrogen-bond acceptors (Lipinski definition) is 4. The topological polar surface area (TPSA) is 42.4 Å². The highest BCUT2D eigenvalue weighted by Gasteiger charge is 2.14. The van der Waals surface area contributed by atoms with E-state index < -0.39 is 0 Å². The number of aromatic nitrogens is 1. The zero-order valence-electron chi connectivity index (χ0n) is 11.9. The molecule has 0 amide bonds. The molecule has 3 nitrogen and oxygen atoms in total. The van der Waals surface area contributed by atoms with E-state index in [0.717, 1.165) is 28.3 Å². The molecule has 0 saturated carbocycles. The highest BCUT2D eigenvalue weighted by atomic mass is 32.2. The molecule has 0 aliphatic rings. The van der Waals surface area contributed by atoms with Crippen molar-refractivity contribution in [1.82, 2.24) is 4.98 Å². The lowest BCUT2D eigenvalue weighted by atomic mass is 10.1. The van der Waals surface area contributed by atoms with E-state index in [2.05, 4.69) is 18.8 Å². The van der Waals surface area contributed by atoms with Crippen LogP contribution in [-0.4, -0.2) is 34.3 Å². The minimum Gasteiger partial charge on any atom is -0.496 e. The molecule has 1 unspecified atom stereocenters. The number of aliphatic hydroxyl groups is 1. The molecule has 0 aromatic carbocycles. The second-order valence-corrected chi connectivity index (χ2v) is 6.40. The molecule has 102 valence electrons. The molecule has 0 radical (unpaired) electrons. The van der Waals surface area contributed by atoms with Crippen LogP contribution in [0.15, 0.2) is 6.20 Å². The predicted octanol–water partition coefficient (Wildman–Crippen LogP) is 2.75. The van der Waals surface area contributed by atoms with Crippen molar-refractivity contribution < 1.29 is 9.84 Å². The Morgan fingerprint density at radius 3 is 2.61 bits per heavy atom. The van der Waals surface area contributed by atoms with E-state index in [1.165, 1.54) is 0 Å². The molecule has 0 saturated heterocycles. The van der Waals surface area contributed by atoms with Crippen LogP contribution >= 0.6 is 11.8 Å². The van der Waals surface area contributed by atoms with Gasteiger partial charge in [-0.05, 0) is 19.1 Å². The van der Waals surface area contributed by atoms with E-state index >= 15 is 0 Å². The van der Waals surface area contributed by atoms with Gasteiger partial charge in [0.25, 0.3) is 0 Å². The molecule has 0 fully saturated rings. The fourth-order valence-corrected chi connectivity index (χ4v) is 2.59. The summed E-state index contributed by atoms with van der Waals surface area (Å²) in [5, 5.41) is 10.6. The first-order chi connectivity index (χ1) is 8.45. The van der Waals surface area contributed by atoms with Crippen molar-refractivity contribution in [2.75, 3.05) is 12.9 Å². The van der Waals surface area contributed by atoms with Crippen LogP contribution in [0, 0.1) is 13.8 Å². The Morgan fingerprint density at radius 1 is 1.39 bits per heavy atom. The highest BCUT2D eigenvalue weighted by molar-refractivity contribution is 7.99. The van der Waals surface area contributed by atoms with Gasteiger partial charge < -0.3 is 9.84 Å². The third-order valence-electron chi connectivity index (χ3n) is 2.80. The zero-order chi connectivity index (χ0) is 13.7. The van der Waals surface area contributed by atoms with Gasteiger partial charge in [-0.15, -0.1) is 0 Å². The Labute approximate surface area is 114 Å². The van der Waals surface area contributed by atoms with Gasteiger partial charge in [-0.3, -0.25) is 4.98 Å². The maximum atomic E-state index is 10.0. The van der Waals surface area contributed by atoms with Crippen LogP contribution < -0.4 is 4.74 Å². The van der Waals surface area contributed by atoms with Crippen LogP contribution in [-0.2, 0) is 6.42 Å². The summed E-state index contributed by atoms with van der Waals surface area (Å²) in [5.74, 6) is 1.62. The van der Waals surface area contributed by atoms with Crippen molar-refractivity contribution in [2.45, 2.75) is 45.5 Å².